The highest BCUT2D eigenvalue weighted by Crippen LogP contribution is 2.28. The van der Waals surface area contributed by atoms with E-state index in [-0.39, 0.29) is 17.5 Å². The van der Waals surface area contributed by atoms with E-state index in [9.17, 15) is 14.9 Å². The van der Waals surface area contributed by atoms with Crippen molar-refractivity contribution >= 4 is 33.2 Å². The molecule has 0 radical (unpaired) electrons. The summed E-state index contributed by atoms with van der Waals surface area (Å²) in [4.78, 5) is 22.2. The molecular weight excluding hydrogens is 316 g/mol. The maximum absolute atomic E-state index is 12.0. The molecule has 1 aromatic carbocycles. The summed E-state index contributed by atoms with van der Waals surface area (Å²) in [5.41, 5.74) is 0.466. The quantitative estimate of drug-likeness (QED) is 0.683. The summed E-state index contributed by atoms with van der Waals surface area (Å²) < 4.78 is 5.69. The average molecular weight is 329 g/mol. The number of nitrogens with zero attached hydrogens (tertiary/aromatic N) is 1. The number of hydrogen-bond donors (Lipinski definition) is 1. The van der Waals surface area contributed by atoms with Crippen LogP contribution in [0.1, 0.15) is 13.3 Å². The predicted molar refractivity (Wildman–Crippen MR) is 72.9 cm³/mol. The van der Waals surface area contributed by atoms with E-state index in [2.05, 4.69) is 21.2 Å². The minimum Gasteiger partial charge on any atom is -0.368 e. The molecule has 1 aliphatic heterocycles. The number of ether oxygens (including phenoxy) is 1. The number of hydrogen-bond acceptors (Lipinski definition) is 4. The average Bonchev–Trinajstić information content (AvgIpc) is 2.75. The van der Waals surface area contributed by atoms with Gasteiger partial charge in [-0.25, -0.2) is 0 Å². The molecule has 102 valence electrons. The Morgan fingerprint density at radius 2 is 2.32 bits per heavy atom. The van der Waals surface area contributed by atoms with Gasteiger partial charge in [0.1, 0.15) is 6.10 Å². The van der Waals surface area contributed by atoms with E-state index in [4.69, 9.17) is 4.74 Å². The Balaban J connectivity index is 2.09. The number of halogens is 1. The minimum absolute atomic E-state index is 0.0384. The van der Waals surface area contributed by atoms with Gasteiger partial charge in [-0.1, -0.05) is 6.92 Å². The van der Waals surface area contributed by atoms with Crippen molar-refractivity contribution in [2.45, 2.75) is 19.4 Å². The lowest BCUT2D eigenvalue weighted by Gasteiger charge is -2.14. The van der Waals surface area contributed by atoms with Crippen molar-refractivity contribution in [2.24, 2.45) is 5.92 Å². The first kappa shape index (κ1) is 14.0. The number of amides is 1. The first-order chi connectivity index (χ1) is 8.99. The van der Waals surface area contributed by atoms with E-state index in [1.807, 2.05) is 6.92 Å². The molecular formula is C12H13BrN2O4. The summed E-state index contributed by atoms with van der Waals surface area (Å²) in [5, 5.41) is 13.4. The van der Waals surface area contributed by atoms with Crippen molar-refractivity contribution in [1.82, 2.24) is 0 Å². The molecule has 0 saturated carbocycles. The van der Waals surface area contributed by atoms with E-state index in [0.717, 1.165) is 6.42 Å². The first-order valence-electron chi connectivity index (χ1n) is 5.85. The number of carbonyl (C=O) groups is 1. The van der Waals surface area contributed by atoms with Crippen molar-refractivity contribution < 1.29 is 14.5 Å². The largest absolute Gasteiger partial charge is 0.368 e. The van der Waals surface area contributed by atoms with E-state index < -0.39 is 11.0 Å². The van der Waals surface area contributed by atoms with Crippen molar-refractivity contribution in [2.75, 3.05) is 11.9 Å². The molecule has 1 fully saturated rings. The lowest BCUT2D eigenvalue weighted by Crippen LogP contribution is -2.31. The zero-order valence-corrected chi connectivity index (χ0v) is 11.8. The van der Waals surface area contributed by atoms with Gasteiger partial charge in [-0.2, -0.15) is 0 Å². The zero-order valence-electron chi connectivity index (χ0n) is 10.3. The maximum Gasteiger partial charge on any atom is 0.283 e. The summed E-state index contributed by atoms with van der Waals surface area (Å²) in [6, 6.07) is 4.36. The number of nitro groups is 1. The van der Waals surface area contributed by atoms with Gasteiger partial charge in [0.25, 0.3) is 11.6 Å². The molecule has 19 heavy (non-hydrogen) atoms. The Morgan fingerprint density at radius 1 is 1.58 bits per heavy atom. The molecule has 0 spiro atoms. The SMILES string of the molecule is C[C@@H]1CCO[C@@H]1C(=O)Nc1ccc([N+](=O)[O-])c(Br)c1. The molecule has 7 heteroatoms. The molecule has 2 atom stereocenters. The van der Waals surface area contributed by atoms with Crippen LogP contribution < -0.4 is 5.32 Å². The number of benzene rings is 1. The van der Waals surface area contributed by atoms with Crippen LogP contribution in [-0.2, 0) is 9.53 Å². The molecule has 1 aliphatic rings. The number of rotatable bonds is 3. The second-order valence-electron chi connectivity index (χ2n) is 4.47. The molecule has 1 saturated heterocycles. The summed E-state index contributed by atoms with van der Waals surface area (Å²) in [6.07, 6.45) is 0.413. The molecule has 0 unspecified atom stereocenters. The van der Waals surface area contributed by atoms with E-state index in [1.54, 1.807) is 0 Å². The standard InChI is InChI=1S/C12H13BrN2O4/c1-7-4-5-19-11(7)12(16)14-8-2-3-10(15(17)18)9(13)6-8/h2-3,6-7,11H,4-5H2,1H3,(H,14,16)/t7-,11+/m1/s1. The second kappa shape index (κ2) is 5.66. The van der Waals surface area contributed by atoms with E-state index in [0.29, 0.717) is 16.8 Å². The highest BCUT2D eigenvalue weighted by molar-refractivity contribution is 9.10. The Morgan fingerprint density at radius 3 is 2.84 bits per heavy atom. The number of nitro benzene ring substituents is 1. The van der Waals surface area contributed by atoms with Gasteiger partial charge in [-0.15, -0.1) is 0 Å². The van der Waals surface area contributed by atoms with Crippen molar-refractivity contribution in [3.8, 4) is 0 Å². The Labute approximate surface area is 118 Å². The van der Waals surface area contributed by atoms with Crippen molar-refractivity contribution in [1.29, 1.82) is 0 Å². The second-order valence-corrected chi connectivity index (χ2v) is 5.32. The molecule has 1 aromatic rings. The third kappa shape index (κ3) is 3.10. The molecule has 0 aromatic heterocycles. The summed E-state index contributed by atoms with van der Waals surface area (Å²) in [6.45, 7) is 2.55. The Bertz CT molecular complexity index is 520. The normalized spacial score (nSPS) is 22.2. The van der Waals surface area contributed by atoms with Gasteiger partial charge in [0, 0.05) is 18.4 Å². The molecule has 0 bridgehead atoms. The van der Waals surface area contributed by atoms with Crippen LogP contribution in [0.15, 0.2) is 22.7 Å². The fourth-order valence-electron chi connectivity index (χ4n) is 1.98. The van der Waals surface area contributed by atoms with E-state index in [1.165, 1.54) is 18.2 Å². The number of nitrogens with one attached hydrogen (secondary N) is 1. The van der Waals surface area contributed by atoms with Crippen LogP contribution in [0.4, 0.5) is 11.4 Å². The predicted octanol–water partition coefficient (Wildman–Crippen LogP) is 2.72. The fraction of sp³-hybridized carbons (Fsp3) is 0.417. The van der Waals surface area contributed by atoms with Crippen LogP contribution in [0, 0.1) is 16.0 Å². The van der Waals surface area contributed by atoms with Crippen molar-refractivity contribution in [3.63, 3.8) is 0 Å². The molecule has 6 nitrogen and oxygen atoms in total. The Hall–Kier alpha value is -1.47. The number of carbonyl (C=O) groups excluding carboxylic acids is 1. The molecule has 1 amide bonds. The molecule has 1 N–H and O–H groups in total. The molecule has 1 heterocycles. The van der Waals surface area contributed by atoms with Gasteiger partial charge in [0.2, 0.25) is 0 Å². The van der Waals surface area contributed by atoms with Gasteiger partial charge in [-0.05, 0) is 40.4 Å². The molecule has 0 aliphatic carbocycles. The molecule has 2 rings (SSSR count). The van der Waals surface area contributed by atoms with Crippen LogP contribution in [0.5, 0.6) is 0 Å². The van der Waals surface area contributed by atoms with Crippen LogP contribution in [0.2, 0.25) is 0 Å². The summed E-state index contributed by atoms with van der Waals surface area (Å²) in [5.74, 6) is -0.0350. The monoisotopic (exact) mass is 328 g/mol. The maximum atomic E-state index is 12.0. The highest BCUT2D eigenvalue weighted by Gasteiger charge is 2.31. The number of anilines is 1. The lowest BCUT2D eigenvalue weighted by molar-refractivity contribution is -0.385. The topological polar surface area (TPSA) is 81.5 Å². The van der Waals surface area contributed by atoms with Crippen LogP contribution in [0.3, 0.4) is 0 Å². The smallest absolute Gasteiger partial charge is 0.283 e. The first-order valence-corrected chi connectivity index (χ1v) is 6.64. The van der Waals surface area contributed by atoms with Gasteiger partial charge >= 0.3 is 0 Å². The van der Waals surface area contributed by atoms with Crippen molar-refractivity contribution in [3.05, 3.63) is 32.8 Å². The van der Waals surface area contributed by atoms with Crippen LogP contribution >= 0.6 is 15.9 Å². The third-order valence-electron chi connectivity index (χ3n) is 3.06. The highest BCUT2D eigenvalue weighted by atomic mass is 79.9. The summed E-state index contributed by atoms with van der Waals surface area (Å²) >= 11 is 3.11. The zero-order chi connectivity index (χ0) is 14.0. The summed E-state index contributed by atoms with van der Waals surface area (Å²) in [7, 11) is 0. The Kier molecular flexibility index (Phi) is 4.16. The fourth-order valence-corrected chi connectivity index (χ4v) is 2.50. The van der Waals surface area contributed by atoms with Gasteiger partial charge in [0.05, 0.1) is 9.40 Å². The third-order valence-corrected chi connectivity index (χ3v) is 3.69. The van der Waals surface area contributed by atoms with Gasteiger partial charge in [0.15, 0.2) is 0 Å². The van der Waals surface area contributed by atoms with Gasteiger partial charge < -0.3 is 10.1 Å². The lowest BCUT2D eigenvalue weighted by atomic mass is 10.0. The van der Waals surface area contributed by atoms with Gasteiger partial charge in [-0.3, -0.25) is 14.9 Å². The van der Waals surface area contributed by atoms with Crippen LogP contribution in [0.25, 0.3) is 0 Å². The van der Waals surface area contributed by atoms with E-state index >= 15 is 0 Å². The van der Waals surface area contributed by atoms with Crippen LogP contribution in [-0.4, -0.2) is 23.5 Å². The minimum atomic E-state index is -0.488.